The number of hydrogen-bond donors (Lipinski definition) is 2. The van der Waals surface area contributed by atoms with Gasteiger partial charge in [0.15, 0.2) is 5.16 Å². The van der Waals surface area contributed by atoms with Gasteiger partial charge in [-0.25, -0.2) is 9.78 Å². The van der Waals surface area contributed by atoms with E-state index in [2.05, 4.69) is 20.2 Å². The minimum absolute atomic E-state index is 0.180. The third-order valence-corrected chi connectivity index (χ3v) is 7.98. The quantitative estimate of drug-likeness (QED) is 0.410. The molecule has 0 aliphatic carbocycles. The van der Waals surface area contributed by atoms with E-state index in [1.165, 1.54) is 5.56 Å². The number of nitrogens with zero attached hydrogens (tertiary/aromatic N) is 3. The number of carbonyl (C=O) groups excluding carboxylic acids is 2. The summed E-state index contributed by atoms with van der Waals surface area (Å²) >= 11 is 1.72. The Labute approximate surface area is 226 Å². The van der Waals surface area contributed by atoms with Gasteiger partial charge >= 0.3 is 6.09 Å². The average molecular weight is 536 g/mol. The average Bonchev–Trinajstić information content (AvgIpc) is 3.48. The lowest BCUT2D eigenvalue weighted by Crippen LogP contribution is -2.40. The highest BCUT2D eigenvalue weighted by Crippen LogP contribution is 2.25. The summed E-state index contributed by atoms with van der Waals surface area (Å²) < 4.78 is 11.0. The molecule has 0 unspecified atom stereocenters. The summed E-state index contributed by atoms with van der Waals surface area (Å²) in [6.07, 6.45) is 5.14. The Balaban J connectivity index is 1.05. The van der Waals surface area contributed by atoms with Crippen molar-refractivity contribution in [1.82, 2.24) is 19.8 Å². The van der Waals surface area contributed by atoms with Crippen LogP contribution in [0.1, 0.15) is 28.8 Å². The summed E-state index contributed by atoms with van der Waals surface area (Å²) in [7, 11) is 0. The summed E-state index contributed by atoms with van der Waals surface area (Å²) in [6.45, 7) is 5.61. The summed E-state index contributed by atoms with van der Waals surface area (Å²) in [5, 5.41) is 3.84. The topological polar surface area (TPSA) is 99.8 Å². The van der Waals surface area contributed by atoms with E-state index in [1.54, 1.807) is 47.1 Å². The fourth-order valence-corrected chi connectivity index (χ4v) is 5.58. The first-order valence-electron chi connectivity index (χ1n) is 13.0. The first-order valence-corrected chi connectivity index (χ1v) is 14.0. The van der Waals surface area contributed by atoms with Gasteiger partial charge in [-0.1, -0.05) is 23.9 Å². The van der Waals surface area contributed by atoms with Crippen molar-refractivity contribution in [2.75, 3.05) is 50.5 Å². The lowest BCUT2D eigenvalue weighted by atomic mass is 9.99. The Hall–Kier alpha value is -3.34. The molecule has 3 aromatic rings. The summed E-state index contributed by atoms with van der Waals surface area (Å²) in [5.74, 6) is 1.82. The van der Waals surface area contributed by atoms with Crippen LogP contribution in [0.25, 0.3) is 0 Å². The number of nitrogens with one attached hydrogen (secondary N) is 2. The molecule has 0 atom stereocenters. The largest absolute Gasteiger partial charge is 0.415 e. The molecule has 2 amide bonds. The van der Waals surface area contributed by atoms with Gasteiger partial charge in [-0.3, -0.25) is 9.69 Å². The van der Waals surface area contributed by atoms with Crippen LogP contribution in [0.5, 0.6) is 5.75 Å². The number of hydrogen-bond acceptors (Lipinski definition) is 7. The van der Waals surface area contributed by atoms with Crippen molar-refractivity contribution < 1.29 is 19.1 Å². The maximum Gasteiger partial charge on any atom is 0.415 e. The van der Waals surface area contributed by atoms with Crippen molar-refractivity contribution in [2.24, 2.45) is 5.92 Å². The molecule has 38 heavy (non-hydrogen) atoms. The molecule has 9 nitrogen and oxygen atoms in total. The summed E-state index contributed by atoms with van der Waals surface area (Å²) in [5.41, 5.74) is 2.41. The smallest absolute Gasteiger partial charge is 0.410 e. The lowest BCUT2D eigenvalue weighted by molar-refractivity contribution is 0.0342. The second-order valence-corrected chi connectivity index (χ2v) is 10.6. The number of H-pyrrole nitrogens is 1. The number of rotatable bonds is 8. The molecule has 2 aliphatic heterocycles. The predicted molar refractivity (Wildman–Crippen MR) is 147 cm³/mol. The van der Waals surface area contributed by atoms with E-state index in [4.69, 9.17) is 9.47 Å². The molecule has 0 radical (unpaired) electrons. The first-order chi connectivity index (χ1) is 18.6. The molecule has 2 aromatic carbocycles. The van der Waals surface area contributed by atoms with Crippen LogP contribution in [-0.2, 0) is 11.3 Å². The first kappa shape index (κ1) is 26.3. The van der Waals surface area contributed by atoms with Gasteiger partial charge in [-0.15, -0.1) is 0 Å². The molecule has 2 fully saturated rings. The molecule has 2 aliphatic rings. The number of anilines is 1. The van der Waals surface area contributed by atoms with Crippen LogP contribution in [0.4, 0.5) is 10.5 Å². The minimum atomic E-state index is -0.337. The standard InChI is InChI=1S/C28H33N5O4S/c34-26(23-3-1-21(2-4-23)19-32-15-17-36-18-16-32)31-24-5-7-25(8-6-24)37-28(35)33-13-9-22(10-14-33)20-38-27-29-11-12-30-27/h1-8,11-12,22H,9-10,13-20H2,(H,29,30)(H,31,34). The number of aromatic amines is 1. The molecule has 3 heterocycles. The van der Waals surface area contributed by atoms with Crippen LogP contribution in [0.3, 0.4) is 0 Å². The van der Waals surface area contributed by atoms with Crippen LogP contribution in [0, 0.1) is 5.92 Å². The monoisotopic (exact) mass is 535 g/mol. The number of benzene rings is 2. The van der Waals surface area contributed by atoms with Crippen molar-refractivity contribution >= 4 is 29.4 Å². The number of ether oxygens (including phenoxy) is 2. The van der Waals surface area contributed by atoms with Gasteiger partial charge in [0.2, 0.25) is 0 Å². The molecule has 0 bridgehead atoms. The summed E-state index contributed by atoms with van der Waals surface area (Å²) in [6, 6.07) is 14.6. The number of carbonyl (C=O) groups is 2. The normalized spacial score (nSPS) is 16.8. The molecule has 0 spiro atoms. The van der Waals surface area contributed by atoms with Gasteiger partial charge in [0, 0.05) is 62.1 Å². The maximum absolute atomic E-state index is 12.7. The molecule has 200 valence electrons. The molecular weight excluding hydrogens is 502 g/mol. The van der Waals surface area contributed by atoms with Crippen LogP contribution in [0.2, 0.25) is 0 Å². The van der Waals surface area contributed by atoms with Gasteiger partial charge in [0.1, 0.15) is 5.75 Å². The second-order valence-electron chi connectivity index (χ2n) is 9.57. The second kappa shape index (κ2) is 12.9. The molecular formula is C28H33N5O4S. The SMILES string of the molecule is O=C(Nc1ccc(OC(=O)N2CCC(CSc3ncc[nH]3)CC2)cc1)c1ccc(CN2CCOCC2)cc1. The number of thioether (sulfide) groups is 1. The van der Waals surface area contributed by atoms with E-state index in [-0.39, 0.29) is 12.0 Å². The molecule has 10 heteroatoms. The number of likely N-dealkylation sites (tertiary alicyclic amines) is 1. The van der Waals surface area contributed by atoms with E-state index in [9.17, 15) is 9.59 Å². The van der Waals surface area contributed by atoms with Crippen molar-refractivity contribution in [3.8, 4) is 5.75 Å². The van der Waals surface area contributed by atoms with Crippen molar-refractivity contribution in [2.45, 2.75) is 24.5 Å². The van der Waals surface area contributed by atoms with Crippen LogP contribution < -0.4 is 10.1 Å². The van der Waals surface area contributed by atoms with Crippen LogP contribution >= 0.6 is 11.8 Å². The zero-order chi connectivity index (χ0) is 26.2. The number of piperidine rings is 1. The highest BCUT2D eigenvalue weighted by Gasteiger charge is 2.24. The van der Waals surface area contributed by atoms with Gasteiger partial charge in [-0.2, -0.15) is 0 Å². The number of amides is 2. The zero-order valence-electron chi connectivity index (χ0n) is 21.3. The van der Waals surface area contributed by atoms with Gasteiger partial charge in [0.25, 0.3) is 5.91 Å². The highest BCUT2D eigenvalue weighted by atomic mass is 32.2. The minimum Gasteiger partial charge on any atom is -0.410 e. The van der Waals surface area contributed by atoms with E-state index < -0.39 is 0 Å². The van der Waals surface area contributed by atoms with Crippen molar-refractivity contribution in [1.29, 1.82) is 0 Å². The van der Waals surface area contributed by atoms with Crippen molar-refractivity contribution in [3.05, 3.63) is 72.1 Å². The number of aromatic nitrogens is 2. The van der Waals surface area contributed by atoms with E-state index in [0.717, 1.165) is 56.6 Å². The Kier molecular flexibility index (Phi) is 8.95. The Morgan fingerprint density at radius 2 is 1.76 bits per heavy atom. The Morgan fingerprint density at radius 1 is 1.03 bits per heavy atom. The summed E-state index contributed by atoms with van der Waals surface area (Å²) in [4.78, 5) is 36.8. The van der Waals surface area contributed by atoms with Crippen LogP contribution in [0.15, 0.2) is 66.1 Å². The molecule has 5 rings (SSSR count). The predicted octanol–water partition coefficient (Wildman–Crippen LogP) is 4.50. The molecule has 2 saturated heterocycles. The van der Waals surface area contributed by atoms with E-state index >= 15 is 0 Å². The molecule has 2 N–H and O–H groups in total. The van der Waals surface area contributed by atoms with Crippen LogP contribution in [-0.4, -0.2) is 76.9 Å². The zero-order valence-corrected chi connectivity index (χ0v) is 22.1. The maximum atomic E-state index is 12.7. The fourth-order valence-electron chi connectivity index (χ4n) is 4.56. The van der Waals surface area contributed by atoms with Crippen molar-refractivity contribution in [3.63, 3.8) is 0 Å². The third kappa shape index (κ3) is 7.37. The lowest BCUT2D eigenvalue weighted by Gasteiger charge is -2.30. The highest BCUT2D eigenvalue weighted by molar-refractivity contribution is 7.99. The fraction of sp³-hybridized carbons (Fsp3) is 0.393. The van der Waals surface area contributed by atoms with Gasteiger partial charge in [0.05, 0.1) is 13.2 Å². The van der Waals surface area contributed by atoms with E-state index in [1.807, 2.05) is 30.5 Å². The van der Waals surface area contributed by atoms with Gasteiger partial charge in [-0.05, 0) is 60.7 Å². The molecule has 0 saturated carbocycles. The third-order valence-electron chi connectivity index (χ3n) is 6.84. The number of imidazole rings is 1. The Morgan fingerprint density at radius 3 is 2.45 bits per heavy atom. The van der Waals surface area contributed by atoms with Gasteiger partial charge < -0.3 is 24.7 Å². The molecule has 1 aromatic heterocycles. The number of morpholine rings is 1. The van der Waals surface area contributed by atoms with E-state index in [0.29, 0.717) is 36.0 Å². The Bertz CT molecular complexity index is 1170.